The van der Waals surface area contributed by atoms with Gasteiger partial charge in [-0.3, -0.25) is 14.2 Å². The van der Waals surface area contributed by atoms with Gasteiger partial charge in [0.1, 0.15) is 0 Å². The number of amides is 1. The summed E-state index contributed by atoms with van der Waals surface area (Å²) in [7, 11) is 0. The fourth-order valence-corrected chi connectivity index (χ4v) is 3.85. The van der Waals surface area contributed by atoms with Crippen molar-refractivity contribution in [1.82, 2.24) is 19.6 Å². The van der Waals surface area contributed by atoms with Crippen molar-refractivity contribution in [3.63, 3.8) is 0 Å². The van der Waals surface area contributed by atoms with E-state index in [2.05, 4.69) is 15.5 Å². The maximum Gasteiger partial charge on any atom is 0.255 e. The van der Waals surface area contributed by atoms with E-state index < -0.39 is 0 Å². The standard InChI is InChI=1S/C23H21Cl2N5O/c1-15-10-16(2)30(28-15)12-17-6-8-18(9-7-17)23(31)27-19-11-26-29(13-19)14-20-21(24)4-3-5-22(20)25/h3-11,13H,12,14H2,1-2H3,(H,27,31). The summed E-state index contributed by atoms with van der Waals surface area (Å²) in [4.78, 5) is 12.6. The van der Waals surface area contributed by atoms with Crippen LogP contribution < -0.4 is 5.32 Å². The van der Waals surface area contributed by atoms with Crippen LogP contribution in [0.1, 0.15) is 32.9 Å². The largest absolute Gasteiger partial charge is 0.319 e. The van der Waals surface area contributed by atoms with Crippen molar-refractivity contribution in [2.45, 2.75) is 26.9 Å². The number of aromatic nitrogens is 4. The Bertz CT molecular complexity index is 1210. The van der Waals surface area contributed by atoms with E-state index in [0.29, 0.717) is 34.4 Å². The molecule has 0 unspecified atom stereocenters. The zero-order valence-electron chi connectivity index (χ0n) is 17.1. The summed E-state index contributed by atoms with van der Waals surface area (Å²) in [6.07, 6.45) is 3.34. The normalized spacial score (nSPS) is 11.0. The molecule has 2 heterocycles. The fourth-order valence-electron chi connectivity index (χ4n) is 3.33. The monoisotopic (exact) mass is 453 g/mol. The number of anilines is 1. The maximum atomic E-state index is 12.6. The van der Waals surface area contributed by atoms with Gasteiger partial charge >= 0.3 is 0 Å². The van der Waals surface area contributed by atoms with Crippen LogP contribution in [-0.4, -0.2) is 25.5 Å². The molecule has 0 aliphatic carbocycles. The predicted octanol–water partition coefficient (Wildman–Crippen LogP) is 5.35. The highest BCUT2D eigenvalue weighted by Crippen LogP contribution is 2.25. The highest BCUT2D eigenvalue weighted by atomic mass is 35.5. The lowest BCUT2D eigenvalue weighted by Gasteiger charge is -2.07. The van der Waals surface area contributed by atoms with Crippen molar-refractivity contribution in [3.05, 3.63) is 99.0 Å². The average Bonchev–Trinajstić information content (AvgIpc) is 3.30. The molecule has 8 heteroatoms. The molecule has 0 saturated carbocycles. The number of hydrogen-bond acceptors (Lipinski definition) is 3. The van der Waals surface area contributed by atoms with Gasteiger partial charge in [-0.2, -0.15) is 10.2 Å². The number of benzene rings is 2. The molecule has 0 saturated heterocycles. The molecule has 0 aliphatic rings. The molecule has 0 spiro atoms. The number of rotatable bonds is 6. The molecule has 4 rings (SSSR count). The average molecular weight is 454 g/mol. The van der Waals surface area contributed by atoms with Crippen LogP contribution in [0, 0.1) is 13.8 Å². The third kappa shape index (κ3) is 4.98. The first-order valence-corrected chi connectivity index (χ1v) is 10.5. The second kappa shape index (κ2) is 8.96. The van der Waals surface area contributed by atoms with Crippen LogP contribution in [0.15, 0.2) is 60.9 Å². The van der Waals surface area contributed by atoms with Crippen LogP contribution >= 0.6 is 23.2 Å². The summed E-state index contributed by atoms with van der Waals surface area (Å²) in [6.45, 7) is 5.08. The summed E-state index contributed by atoms with van der Waals surface area (Å²) in [6, 6.07) is 14.9. The number of carbonyl (C=O) groups excluding carboxylic acids is 1. The molecule has 1 amide bonds. The Morgan fingerprint density at radius 2 is 1.74 bits per heavy atom. The summed E-state index contributed by atoms with van der Waals surface area (Å²) in [5, 5.41) is 12.8. The Hall–Kier alpha value is -3.09. The molecule has 0 fully saturated rings. The number of aryl methyl sites for hydroxylation is 2. The Balaban J connectivity index is 1.40. The molecule has 0 atom stereocenters. The van der Waals surface area contributed by atoms with E-state index in [-0.39, 0.29) is 5.91 Å². The van der Waals surface area contributed by atoms with Crippen molar-refractivity contribution < 1.29 is 4.79 Å². The van der Waals surface area contributed by atoms with Crippen molar-refractivity contribution in [2.24, 2.45) is 0 Å². The van der Waals surface area contributed by atoms with Crippen LogP contribution in [0.25, 0.3) is 0 Å². The van der Waals surface area contributed by atoms with Crippen LogP contribution in [0.5, 0.6) is 0 Å². The van der Waals surface area contributed by atoms with E-state index >= 15 is 0 Å². The molecule has 0 aliphatic heterocycles. The second-order valence-electron chi connectivity index (χ2n) is 7.36. The van der Waals surface area contributed by atoms with Crippen LogP contribution in [0.3, 0.4) is 0 Å². The van der Waals surface area contributed by atoms with Crippen molar-refractivity contribution >= 4 is 34.8 Å². The van der Waals surface area contributed by atoms with Gasteiger partial charge in [-0.05, 0) is 49.7 Å². The van der Waals surface area contributed by atoms with Gasteiger partial charge in [0.15, 0.2) is 0 Å². The number of hydrogen-bond donors (Lipinski definition) is 1. The smallest absolute Gasteiger partial charge is 0.255 e. The highest BCUT2D eigenvalue weighted by Gasteiger charge is 2.11. The summed E-state index contributed by atoms with van der Waals surface area (Å²) in [5.74, 6) is -0.201. The van der Waals surface area contributed by atoms with Gasteiger partial charge in [0.05, 0.1) is 30.7 Å². The lowest BCUT2D eigenvalue weighted by Crippen LogP contribution is -2.12. The van der Waals surface area contributed by atoms with E-state index in [0.717, 1.165) is 22.5 Å². The fraction of sp³-hybridized carbons (Fsp3) is 0.174. The zero-order valence-corrected chi connectivity index (χ0v) is 18.7. The molecule has 6 nitrogen and oxygen atoms in total. The van der Waals surface area contributed by atoms with Gasteiger partial charge < -0.3 is 5.32 Å². The van der Waals surface area contributed by atoms with Crippen molar-refractivity contribution in [2.75, 3.05) is 5.32 Å². The molecule has 2 aromatic carbocycles. The first-order valence-electron chi connectivity index (χ1n) is 9.76. The maximum absolute atomic E-state index is 12.6. The molecular formula is C23H21Cl2N5O. The number of halogens is 2. The number of nitrogens with zero attached hydrogens (tertiary/aromatic N) is 4. The molecular weight excluding hydrogens is 433 g/mol. The minimum absolute atomic E-state index is 0.201. The van der Waals surface area contributed by atoms with Gasteiger partial charge in [-0.15, -0.1) is 0 Å². The molecule has 1 N–H and O–H groups in total. The van der Waals surface area contributed by atoms with Crippen molar-refractivity contribution in [3.8, 4) is 0 Å². The minimum atomic E-state index is -0.201. The minimum Gasteiger partial charge on any atom is -0.319 e. The van der Waals surface area contributed by atoms with E-state index in [4.69, 9.17) is 23.2 Å². The summed E-state index contributed by atoms with van der Waals surface area (Å²) >= 11 is 12.4. The molecule has 158 valence electrons. The Morgan fingerprint density at radius 3 is 2.39 bits per heavy atom. The Labute approximate surface area is 190 Å². The number of carbonyl (C=O) groups is 1. The molecule has 4 aromatic rings. The molecule has 31 heavy (non-hydrogen) atoms. The predicted molar refractivity (Wildman–Crippen MR) is 123 cm³/mol. The summed E-state index contributed by atoms with van der Waals surface area (Å²) in [5.41, 5.74) is 5.12. The highest BCUT2D eigenvalue weighted by molar-refractivity contribution is 6.35. The van der Waals surface area contributed by atoms with Gasteiger partial charge in [-0.1, -0.05) is 41.4 Å². The molecule has 2 aromatic heterocycles. The Kier molecular flexibility index (Phi) is 6.11. The van der Waals surface area contributed by atoms with Crippen LogP contribution in [-0.2, 0) is 13.1 Å². The Morgan fingerprint density at radius 1 is 1.03 bits per heavy atom. The molecule has 0 radical (unpaired) electrons. The second-order valence-corrected chi connectivity index (χ2v) is 8.18. The van der Waals surface area contributed by atoms with Crippen LogP contribution in [0.4, 0.5) is 5.69 Å². The van der Waals surface area contributed by atoms with Crippen LogP contribution in [0.2, 0.25) is 10.0 Å². The van der Waals surface area contributed by atoms with Gasteiger partial charge in [0.25, 0.3) is 5.91 Å². The SMILES string of the molecule is Cc1cc(C)n(Cc2ccc(C(=O)Nc3cnn(Cc4c(Cl)cccc4Cl)c3)cc2)n1. The summed E-state index contributed by atoms with van der Waals surface area (Å²) < 4.78 is 3.63. The zero-order chi connectivity index (χ0) is 22.0. The molecule has 0 bridgehead atoms. The lowest BCUT2D eigenvalue weighted by molar-refractivity contribution is 0.102. The van der Waals surface area contributed by atoms with Gasteiger partial charge in [0, 0.05) is 33.1 Å². The number of nitrogens with one attached hydrogen (secondary N) is 1. The third-order valence-electron chi connectivity index (χ3n) is 4.92. The van der Waals surface area contributed by atoms with E-state index in [1.165, 1.54) is 0 Å². The van der Waals surface area contributed by atoms with E-state index in [1.807, 2.05) is 48.9 Å². The first kappa shape index (κ1) is 21.2. The van der Waals surface area contributed by atoms with Crippen molar-refractivity contribution in [1.29, 1.82) is 0 Å². The quantitative estimate of drug-likeness (QED) is 0.427. The lowest BCUT2D eigenvalue weighted by atomic mass is 10.1. The van der Waals surface area contributed by atoms with E-state index in [9.17, 15) is 4.79 Å². The first-order chi connectivity index (χ1) is 14.9. The third-order valence-corrected chi connectivity index (χ3v) is 5.63. The van der Waals surface area contributed by atoms with Gasteiger partial charge in [0.2, 0.25) is 0 Å². The van der Waals surface area contributed by atoms with Gasteiger partial charge in [-0.25, -0.2) is 0 Å². The van der Waals surface area contributed by atoms with E-state index in [1.54, 1.807) is 35.3 Å². The topological polar surface area (TPSA) is 64.7 Å².